The van der Waals surface area contributed by atoms with Gasteiger partial charge in [-0.05, 0) is 43.2 Å². The molecule has 0 aliphatic carbocycles. The minimum atomic E-state index is -0.324. The molecule has 1 atom stereocenters. The van der Waals surface area contributed by atoms with Crippen LogP contribution in [0, 0.1) is 0 Å². The second-order valence-corrected chi connectivity index (χ2v) is 7.67. The molecule has 7 nitrogen and oxygen atoms in total. The average molecular weight is 427 g/mol. The largest absolute Gasteiger partial charge is 0.368 e. The average Bonchev–Trinajstić information content (AvgIpc) is 3.37. The SMILES string of the molecule is Cn1c(CCNC(=O)C2CCCO2)nc2cc(NC(=O)c3ccccc3Cl)ccc21. The highest BCUT2D eigenvalue weighted by Gasteiger charge is 2.23. The van der Waals surface area contributed by atoms with Gasteiger partial charge < -0.3 is 19.9 Å². The Morgan fingerprint density at radius 3 is 2.87 bits per heavy atom. The Kier molecular flexibility index (Phi) is 6.01. The highest BCUT2D eigenvalue weighted by Crippen LogP contribution is 2.22. The van der Waals surface area contributed by atoms with Crippen LogP contribution in [0.15, 0.2) is 42.5 Å². The van der Waals surface area contributed by atoms with Gasteiger partial charge in [0.25, 0.3) is 5.91 Å². The lowest BCUT2D eigenvalue weighted by atomic mass is 10.2. The van der Waals surface area contributed by atoms with E-state index in [0.29, 0.717) is 35.8 Å². The van der Waals surface area contributed by atoms with Crippen LogP contribution in [0.5, 0.6) is 0 Å². The van der Waals surface area contributed by atoms with Crippen molar-refractivity contribution in [3.8, 4) is 0 Å². The maximum atomic E-state index is 12.5. The number of imidazole rings is 1. The van der Waals surface area contributed by atoms with Crippen molar-refractivity contribution in [1.82, 2.24) is 14.9 Å². The number of rotatable bonds is 6. The summed E-state index contributed by atoms with van der Waals surface area (Å²) in [5.74, 6) is 0.524. The van der Waals surface area contributed by atoms with E-state index in [1.54, 1.807) is 24.3 Å². The Morgan fingerprint density at radius 2 is 2.10 bits per heavy atom. The summed E-state index contributed by atoms with van der Waals surface area (Å²) in [7, 11) is 1.94. The fraction of sp³-hybridized carbons (Fsp3) is 0.318. The molecule has 8 heteroatoms. The summed E-state index contributed by atoms with van der Waals surface area (Å²) in [6.07, 6.45) is 1.99. The van der Waals surface area contributed by atoms with Crippen LogP contribution in [0.4, 0.5) is 5.69 Å². The van der Waals surface area contributed by atoms with Gasteiger partial charge in [-0.3, -0.25) is 9.59 Å². The number of ether oxygens (including phenoxy) is 1. The third-order valence-electron chi connectivity index (χ3n) is 5.22. The summed E-state index contributed by atoms with van der Waals surface area (Å²) in [6, 6.07) is 12.5. The number of nitrogens with zero attached hydrogens (tertiary/aromatic N) is 2. The van der Waals surface area contributed by atoms with Gasteiger partial charge in [-0.15, -0.1) is 0 Å². The van der Waals surface area contributed by atoms with Crippen LogP contribution in [0.25, 0.3) is 11.0 Å². The Bertz CT molecular complexity index is 1090. The Morgan fingerprint density at radius 1 is 1.27 bits per heavy atom. The van der Waals surface area contributed by atoms with E-state index in [0.717, 1.165) is 29.7 Å². The number of hydrogen-bond donors (Lipinski definition) is 2. The number of benzene rings is 2. The molecule has 2 amide bonds. The summed E-state index contributed by atoms with van der Waals surface area (Å²) >= 11 is 6.10. The maximum Gasteiger partial charge on any atom is 0.257 e. The number of aryl methyl sites for hydroxylation is 1. The van der Waals surface area contributed by atoms with Crippen LogP contribution in [-0.2, 0) is 23.0 Å². The molecule has 1 aromatic heterocycles. The normalized spacial score (nSPS) is 16.0. The first-order valence-corrected chi connectivity index (χ1v) is 10.3. The number of aromatic nitrogens is 2. The van der Waals surface area contributed by atoms with Gasteiger partial charge in [0, 0.05) is 32.3 Å². The molecule has 156 valence electrons. The van der Waals surface area contributed by atoms with Gasteiger partial charge in [0.05, 0.1) is 21.6 Å². The standard InChI is InChI=1S/C22H23ClN4O3/c1-27-18-9-8-14(25-21(28)15-5-2-3-6-16(15)23)13-17(18)26-20(27)10-11-24-22(29)19-7-4-12-30-19/h2-3,5-6,8-9,13,19H,4,7,10-12H2,1H3,(H,24,29)(H,25,28). The fourth-order valence-corrected chi connectivity index (χ4v) is 3.81. The van der Waals surface area contributed by atoms with Gasteiger partial charge in [0.2, 0.25) is 5.91 Å². The molecule has 1 aliphatic rings. The van der Waals surface area contributed by atoms with Crippen LogP contribution in [-0.4, -0.2) is 40.6 Å². The molecule has 0 bridgehead atoms. The van der Waals surface area contributed by atoms with Crippen molar-refractivity contribution in [3.63, 3.8) is 0 Å². The summed E-state index contributed by atoms with van der Waals surface area (Å²) in [4.78, 5) is 29.2. The summed E-state index contributed by atoms with van der Waals surface area (Å²) in [5.41, 5.74) is 2.79. The smallest absolute Gasteiger partial charge is 0.257 e. The number of carbonyl (C=O) groups excluding carboxylic acids is 2. The first kappa shape index (κ1) is 20.4. The van der Waals surface area contributed by atoms with Gasteiger partial charge >= 0.3 is 0 Å². The minimum Gasteiger partial charge on any atom is -0.368 e. The van der Waals surface area contributed by atoms with E-state index in [2.05, 4.69) is 15.6 Å². The van der Waals surface area contributed by atoms with Crippen LogP contribution in [0.3, 0.4) is 0 Å². The molecular weight excluding hydrogens is 404 g/mol. The molecule has 1 fully saturated rings. The van der Waals surface area contributed by atoms with Crippen molar-refractivity contribution in [2.24, 2.45) is 7.05 Å². The molecule has 30 heavy (non-hydrogen) atoms. The molecule has 1 saturated heterocycles. The lowest BCUT2D eigenvalue weighted by molar-refractivity contribution is -0.130. The summed E-state index contributed by atoms with van der Waals surface area (Å²) < 4.78 is 7.39. The zero-order valence-corrected chi connectivity index (χ0v) is 17.4. The molecule has 2 aromatic carbocycles. The highest BCUT2D eigenvalue weighted by molar-refractivity contribution is 6.34. The number of amides is 2. The molecule has 0 saturated carbocycles. The predicted molar refractivity (Wildman–Crippen MR) is 116 cm³/mol. The minimum absolute atomic E-state index is 0.0594. The van der Waals surface area contributed by atoms with E-state index in [-0.39, 0.29) is 17.9 Å². The Hall–Kier alpha value is -2.90. The number of halogens is 1. The van der Waals surface area contributed by atoms with Crippen molar-refractivity contribution < 1.29 is 14.3 Å². The zero-order valence-electron chi connectivity index (χ0n) is 16.7. The molecule has 3 aromatic rings. The second-order valence-electron chi connectivity index (χ2n) is 7.27. The van der Waals surface area contributed by atoms with Crippen LogP contribution < -0.4 is 10.6 Å². The molecule has 1 unspecified atom stereocenters. The van der Waals surface area contributed by atoms with Crippen molar-refractivity contribution in [2.45, 2.75) is 25.4 Å². The third kappa shape index (κ3) is 4.32. The Balaban J connectivity index is 1.43. The molecule has 2 N–H and O–H groups in total. The van der Waals surface area contributed by atoms with E-state index < -0.39 is 0 Å². The van der Waals surface area contributed by atoms with Crippen LogP contribution in [0.1, 0.15) is 29.0 Å². The number of anilines is 1. The monoisotopic (exact) mass is 426 g/mol. The summed E-state index contributed by atoms with van der Waals surface area (Å²) in [6.45, 7) is 1.14. The molecule has 0 spiro atoms. The van der Waals surface area contributed by atoms with Gasteiger partial charge in [-0.25, -0.2) is 4.98 Å². The number of fused-ring (bicyclic) bond motifs is 1. The van der Waals surface area contributed by atoms with Crippen molar-refractivity contribution >= 4 is 40.1 Å². The van der Waals surface area contributed by atoms with Crippen molar-refractivity contribution in [3.05, 3.63) is 58.9 Å². The number of hydrogen-bond acceptors (Lipinski definition) is 4. The first-order chi connectivity index (χ1) is 14.5. The fourth-order valence-electron chi connectivity index (χ4n) is 3.59. The van der Waals surface area contributed by atoms with E-state index in [1.165, 1.54) is 0 Å². The van der Waals surface area contributed by atoms with E-state index >= 15 is 0 Å². The van der Waals surface area contributed by atoms with Gasteiger partial charge in [-0.1, -0.05) is 23.7 Å². The van der Waals surface area contributed by atoms with Gasteiger partial charge in [-0.2, -0.15) is 0 Å². The van der Waals surface area contributed by atoms with Crippen LogP contribution in [0.2, 0.25) is 5.02 Å². The number of carbonyl (C=O) groups is 2. The number of nitrogens with one attached hydrogen (secondary N) is 2. The van der Waals surface area contributed by atoms with Gasteiger partial charge in [0.15, 0.2) is 0 Å². The quantitative estimate of drug-likeness (QED) is 0.633. The predicted octanol–water partition coefficient (Wildman–Crippen LogP) is 3.32. The van der Waals surface area contributed by atoms with E-state index in [1.807, 2.05) is 29.8 Å². The topological polar surface area (TPSA) is 85.2 Å². The molecule has 4 rings (SSSR count). The lowest BCUT2D eigenvalue weighted by Gasteiger charge is -2.10. The van der Waals surface area contributed by atoms with Crippen molar-refractivity contribution in [1.29, 1.82) is 0 Å². The highest BCUT2D eigenvalue weighted by atomic mass is 35.5. The summed E-state index contributed by atoms with van der Waals surface area (Å²) in [5, 5.41) is 6.19. The zero-order chi connectivity index (χ0) is 21.1. The second kappa shape index (κ2) is 8.85. The third-order valence-corrected chi connectivity index (χ3v) is 5.55. The molecule has 2 heterocycles. The van der Waals surface area contributed by atoms with Crippen molar-refractivity contribution in [2.75, 3.05) is 18.5 Å². The first-order valence-electron chi connectivity index (χ1n) is 9.93. The van der Waals surface area contributed by atoms with Crippen LogP contribution >= 0.6 is 11.6 Å². The lowest BCUT2D eigenvalue weighted by Crippen LogP contribution is -2.35. The van der Waals surface area contributed by atoms with E-state index in [4.69, 9.17) is 16.3 Å². The molecule has 1 aliphatic heterocycles. The van der Waals surface area contributed by atoms with E-state index in [9.17, 15) is 9.59 Å². The van der Waals surface area contributed by atoms with Gasteiger partial charge in [0.1, 0.15) is 11.9 Å². The Labute approximate surface area is 179 Å². The molecular formula is C22H23ClN4O3. The molecule has 0 radical (unpaired) electrons. The maximum absolute atomic E-state index is 12.5.